The Morgan fingerprint density at radius 3 is 3.08 bits per heavy atom. The first kappa shape index (κ1) is 10.5. The molecule has 0 saturated carbocycles. The summed E-state index contributed by atoms with van der Waals surface area (Å²) in [7, 11) is 0. The molecule has 0 aromatic rings. The molecule has 0 aromatic carbocycles. The van der Waals surface area contributed by atoms with Gasteiger partial charge in [-0.2, -0.15) is 0 Å². The van der Waals surface area contributed by atoms with Crippen LogP contribution in [-0.2, 0) is 4.79 Å². The minimum Gasteiger partial charge on any atom is -0.303 e. The van der Waals surface area contributed by atoms with Gasteiger partial charge in [-0.25, -0.2) is 0 Å². The van der Waals surface area contributed by atoms with E-state index in [0.717, 1.165) is 24.8 Å². The summed E-state index contributed by atoms with van der Waals surface area (Å²) >= 11 is 0. The van der Waals surface area contributed by atoms with Crippen LogP contribution in [0.3, 0.4) is 0 Å². The fourth-order valence-corrected chi connectivity index (χ4v) is 2.08. The molecule has 13 heavy (non-hydrogen) atoms. The van der Waals surface area contributed by atoms with Crippen LogP contribution in [0.25, 0.3) is 0 Å². The predicted molar refractivity (Wildman–Crippen MR) is 54.7 cm³/mol. The van der Waals surface area contributed by atoms with Crippen molar-refractivity contribution in [2.75, 3.05) is 13.1 Å². The first-order valence-corrected chi connectivity index (χ1v) is 5.12. The molecule has 0 bridgehead atoms. The van der Waals surface area contributed by atoms with Gasteiger partial charge in [0.1, 0.15) is 6.29 Å². The molecule has 0 radical (unpaired) electrons. The highest BCUT2D eigenvalue weighted by molar-refractivity contribution is 5.53. The minimum atomic E-state index is 0.536. The SMILES string of the molecule is C=C(CC=O)CC1CCCN1CC. The fraction of sp³-hybridized carbons (Fsp3) is 0.727. The molecular weight excluding hydrogens is 162 g/mol. The zero-order valence-corrected chi connectivity index (χ0v) is 8.46. The third-order valence-corrected chi connectivity index (χ3v) is 2.80. The van der Waals surface area contributed by atoms with E-state index >= 15 is 0 Å². The Morgan fingerprint density at radius 2 is 2.46 bits per heavy atom. The summed E-state index contributed by atoms with van der Waals surface area (Å²) < 4.78 is 0. The van der Waals surface area contributed by atoms with Crippen molar-refractivity contribution in [2.24, 2.45) is 0 Å². The van der Waals surface area contributed by atoms with E-state index in [1.807, 2.05) is 0 Å². The Labute approximate surface area is 80.6 Å². The zero-order valence-electron chi connectivity index (χ0n) is 8.46. The van der Waals surface area contributed by atoms with Crippen molar-refractivity contribution in [3.8, 4) is 0 Å². The van der Waals surface area contributed by atoms with E-state index < -0.39 is 0 Å². The van der Waals surface area contributed by atoms with Crippen LogP contribution in [0.4, 0.5) is 0 Å². The average Bonchev–Trinajstić information content (AvgIpc) is 2.52. The molecule has 0 aromatic heterocycles. The molecule has 1 fully saturated rings. The van der Waals surface area contributed by atoms with Crippen LogP contribution in [0.5, 0.6) is 0 Å². The van der Waals surface area contributed by atoms with Crippen molar-refractivity contribution >= 4 is 6.29 Å². The average molecular weight is 181 g/mol. The Hall–Kier alpha value is -0.630. The first-order chi connectivity index (χ1) is 6.27. The van der Waals surface area contributed by atoms with E-state index in [9.17, 15) is 4.79 Å². The lowest BCUT2D eigenvalue weighted by Gasteiger charge is -2.22. The third kappa shape index (κ3) is 2.96. The molecule has 0 N–H and O–H groups in total. The highest BCUT2D eigenvalue weighted by Gasteiger charge is 2.22. The molecule has 0 aliphatic carbocycles. The quantitative estimate of drug-likeness (QED) is 0.477. The maximum atomic E-state index is 10.3. The number of nitrogens with zero attached hydrogens (tertiary/aromatic N) is 1. The Kier molecular flexibility index (Phi) is 4.16. The van der Waals surface area contributed by atoms with Gasteiger partial charge in [0.2, 0.25) is 0 Å². The molecule has 0 spiro atoms. The minimum absolute atomic E-state index is 0.536. The van der Waals surface area contributed by atoms with E-state index in [0.29, 0.717) is 12.5 Å². The van der Waals surface area contributed by atoms with Crippen LogP contribution >= 0.6 is 0 Å². The maximum Gasteiger partial charge on any atom is 0.124 e. The number of hydrogen-bond donors (Lipinski definition) is 0. The normalized spacial score (nSPS) is 23.3. The lowest BCUT2D eigenvalue weighted by atomic mass is 10.0. The summed E-state index contributed by atoms with van der Waals surface area (Å²) in [6.45, 7) is 8.46. The highest BCUT2D eigenvalue weighted by atomic mass is 16.1. The number of carbonyl (C=O) groups is 1. The third-order valence-electron chi connectivity index (χ3n) is 2.80. The Morgan fingerprint density at radius 1 is 1.69 bits per heavy atom. The van der Waals surface area contributed by atoms with Gasteiger partial charge in [0.05, 0.1) is 0 Å². The molecule has 1 heterocycles. The highest BCUT2D eigenvalue weighted by Crippen LogP contribution is 2.22. The van der Waals surface area contributed by atoms with Gasteiger partial charge < -0.3 is 9.69 Å². The van der Waals surface area contributed by atoms with E-state index in [1.165, 1.54) is 19.4 Å². The second-order valence-corrected chi connectivity index (χ2v) is 3.75. The number of rotatable bonds is 5. The van der Waals surface area contributed by atoms with E-state index in [4.69, 9.17) is 0 Å². The van der Waals surface area contributed by atoms with Crippen LogP contribution in [0.15, 0.2) is 12.2 Å². The molecule has 1 rings (SSSR count). The van der Waals surface area contributed by atoms with Gasteiger partial charge in [0, 0.05) is 12.5 Å². The van der Waals surface area contributed by atoms with Crippen LogP contribution < -0.4 is 0 Å². The van der Waals surface area contributed by atoms with Gasteiger partial charge in [-0.1, -0.05) is 19.1 Å². The van der Waals surface area contributed by atoms with Crippen molar-refractivity contribution in [1.29, 1.82) is 0 Å². The molecule has 2 nitrogen and oxygen atoms in total. The van der Waals surface area contributed by atoms with Gasteiger partial charge in [-0.15, -0.1) is 0 Å². The molecular formula is C11H19NO. The van der Waals surface area contributed by atoms with Crippen LogP contribution in [-0.4, -0.2) is 30.3 Å². The molecule has 74 valence electrons. The summed E-state index contributed by atoms with van der Waals surface area (Å²) in [5, 5.41) is 0. The number of hydrogen-bond acceptors (Lipinski definition) is 2. The predicted octanol–water partition coefficient (Wildman–Crippen LogP) is 2.01. The number of likely N-dealkylation sites (tertiary alicyclic amines) is 1. The van der Waals surface area contributed by atoms with E-state index in [2.05, 4.69) is 18.4 Å². The largest absolute Gasteiger partial charge is 0.303 e. The standard InChI is InChI=1S/C11H19NO/c1-3-12-7-4-5-11(12)9-10(2)6-8-13/h8,11H,2-7,9H2,1H3. The fourth-order valence-electron chi connectivity index (χ4n) is 2.08. The summed E-state index contributed by atoms with van der Waals surface area (Å²) in [6.07, 6.45) is 5.06. The van der Waals surface area contributed by atoms with Gasteiger partial charge in [-0.05, 0) is 32.4 Å². The summed E-state index contributed by atoms with van der Waals surface area (Å²) in [5.41, 5.74) is 1.08. The van der Waals surface area contributed by atoms with Gasteiger partial charge >= 0.3 is 0 Å². The molecule has 1 saturated heterocycles. The first-order valence-electron chi connectivity index (χ1n) is 5.12. The number of carbonyl (C=O) groups excluding carboxylic acids is 1. The van der Waals surface area contributed by atoms with Gasteiger partial charge in [0.25, 0.3) is 0 Å². The molecule has 1 aliphatic heterocycles. The van der Waals surface area contributed by atoms with Crippen LogP contribution in [0.1, 0.15) is 32.6 Å². The molecule has 1 unspecified atom stereocenters. The monoisotopic (exact) mass is 181 g/mol. The van der Waals surface area contributed by atoms with E-state index in [-0.39, 0.29) is 0 Å². The summed E-state index contributed by atoms with van der Waals surface area (Å²) in [6, 6.07) is 0.650. The van der Waals surface area contributed by atoms with Crippen LogP contribution in [0, 0.1) is 0 Å². The van der Waals surface area contributed by atoms with Crippen molar-refractivity contribution < 1.29 is 4.79 Å². The topological polar surface area (TPSA) is 20.3 Å². The Bertz CT molecular complexity index is 189. The van der Waals surface area contributed by atoms with Gasteiger partial charge in [0.15, 0.2) is 0 Å². The van der Waals surface area contributed by atoms with Gasteiger partial charge in [-0.3, -0.25) is 0 Å². The molecule has 1 atom stereocenters. The Balaban J connectivity index is 2.34. The lowest BCUT2D eigenvalue weighted by molar-refractivity contribution is -0.107. The summed E-state index contributed by atoms with van der Waals surface area (Å²) in [5.74, 6) is 0. The van der Waals surface area contributed by atoms with Crippen molar-refractivity contribution in [3.63, 3.8) is 0 Å². The van der Waals surface area contributed by atoms with Crippen molar-refractivity contribution in [1.82, 2.24) is 4.90 Å². The van der Waals surface area contributed by atoms with Crippen LogP contribution in [0.2, 0.25) is 0 Å². The number of aldehydes is 1. The molecule has 1 aliphatic rings. The lowest BCUT2D eigenvalue weighted by Crippen LogP contribution is -2.29. The second kappa shape index (κ2) is 5.18. The van der Waals surface area contributed by atoms with E-state index in [1.54, 1.807) is 0 Å². The van der Waals surface area contributed by atoms with Crippen molar-refractivity contribution in [2.45, 2.75) is 38.6 Å². The zero-order chi connectivity index (χ0) is 9.68. The second-order valence-electron chi connectivity index (χ2n) is 3.75. The summed E-state index contributed by atoms with van der Waals surface area (Å²) in [4.78, 5) is 12.7. The molecule has 2 heteroatoms. The maximum absolute atomic E-state index is 10.3. The van der Waals surface area contributed by atoms with Crippen molar-refractivity contribution in [3.05, 3.63) is 12.2 Å². The smallest absolute Gasteiger partial charge is 0.124 e. The molecule has 0 amide bonds.